The van der Waals surface area contributed by atoms with Crippen molar-refractivity contribution >= 4 is 17.3 Å². The zero-order valence-corrected chi connectivity index (χ0v) is 10.7. The summed E-state index contributed by atoms with van der Waals surface area (Å²) in [4.78, 5) is 15.1. The number of hydrogen-bond donors (Lipinski definition) is 1. The van der Waals surface area contributed by atoms with Crippen molar-refractivity contribution in [2.45, 2.75) is 6.42 Å². The molecule has 0 aromatic heterocycles. The molecular formula is C13H18FN3O. The summed E-state index contributed by atoms with van der Waals surface area (Å²) in [6, 6.07) is 4.87. The van der Waals surface area contributed by atoms with E-state index in [2.05, 4.69) is 0 Å². The van der Waals surface area contributed by atoms with Crippen LogP contribution in [0.4, 0.5) is 15.8 Å². The topological polar surface area (TPSA) is 49.6 Å². The number of halogens is 1. The van der Waals surface area contributed by atoms with Gasteiger partial charge in [-0.3, -0.25) is 4.79 Å². The van der Waals surface area contributed by atoms with E-state index in [1.165, 1.54) is 6.07 Å². The van der Waals surface area contributed by atoms with Gasteiger partial charge in [-0.25, -0.2) is 4.39 Å². The molecule has 0 saturated carbocycles. The van der Waals surface area contributed by atoms with Crippen molar-refractivity contribution in [2.75, 3.05) is 37.0 Å². The summed E-state index contributed by atoms with van der Waals surface area (Å²) in [5.41, 5.74) is 6.70. The minimum absolute atomic E-state index is 0.0162. The van der Waals surface area contributed by atoms with Crippen molar-refractivity contribution in [1.82, 2.24) is 0 Å². The lowest BCUT2D eigenvalue weighted by Gasteiger charge is -2.19. The maximum absolute atomic E-state index is 13.9. The second-order valence-corrected chi connectivity index (χ2v) is 4.84. The Hall–Kier alpha value is -1.62. The Labute approximate surface area is 106 Å². The summed E-state index contributed by atoms with van der Waals surface area (Å²) in [5.74, 6) is -0.127. The zero-order chi connectivity index (χ0) is 13.3. The van der Waals surface area contributed by atoms with Gasteiger partial charge >= 0.3 is 0 Å². The summed E-state index contributed by atoms with van der Waals surface area (Å²) in [6.45, 7) is 1.07. The van der Waals surface area contributed by atoms with Crippen LogP contribution >= 0.6 is 0 Å². The molecule has 18 heavy (non-hydrogen) atoms. The average molecular weight is 251 g/mol. The standard InChI is InChI=1S/C13H18FN3O/c1-16(2)12-4-3-10(6-11(12)14)17-8-9(7-15)5-13(17)18/h3-4,6,9H,5,7-8,15H2,1-2H3. The Morgan fingerprint density at radius 1 is 1.50 bits per heavy atom. The zero-order valence-electron chi connectivity index (χ0n) is 10.7. The first-order chi connectivity index (χ1) is 8.52. The molecule has 1 unspecified atom stereocenters. The van der Waals surface area contributed by atoms with Crippen LogP contribution in [0.15, 0.2) is 18.2 Å². The maximum atomic E-state index is 13.9. The third-order valence-corrected chi connectivity index (χ3v) is 3.26. The van der Waals surface area contributed by atoms with Gasteiger partial charge in [0.1, 0.15) is 5.82 Å². The number of rotatable bonds is 3. The highest BCUT2D eigenvalue weighted by atomic mass is 19.1. The molecule has 0 bridgehead atoms. The largest absolute Gasteiger partial charge is 0.375 e. The van der Waals surface area contributed by atoms with Gasteiger partial charge in [0.25, 0.3) is 0 Å². The van der Waals surface area contributed by atoms with E-state index in [4.69, 9.17) is 5.73 Å². The highest BCUT2D eigenvalue weighted by molar-refractivity contribution is 5.95. The predicted octanol–water partition coefficient (Wildman–Crippen LogP) is 1.20. The van der Waals surface area contributed by atoms with E-state index in [1.54, 1.807) is 36.0 Å². The van der Waals surface area contributed by atoms with Gasteiger partial charge in [-0.05, 0) is 30.7 Å². The predicted molar refractivity (Wildman–Crippen MR) is 70.2 cm³/mol. The van der Waals surface area contributed by atoms with Crippen LogP contribution in [0.1, 0.15) is 6.42 Å². The highest BCUT2D eigenvalue weighted by Crippen LogP contribution is 2.28. The fourth-order valence-corrected chi connectivity index (χ4v) is 2.22. The minimum atomic E-state index is -0.318. The van der Waals surface area contributed by atoms with Gasteiger partial charge in [-0.15, -0.1) is 0 Å². The number of hydrogen-bond acceptors (Lipinski definition) is 3. The lowest BCUT2D eigenvalue weighted by Crippen LogP contribution is -2.26. The molecule has 1 aliphatic rings. The molecule has 1 fully saturated rings. The van der Waals surface area contributed by atoms with E-state index in [0.717, 1.165) is 0 Å². The molecule has 1 atom stereocenters. The molecule has 2 N–H and O–H groups in total. The Kier molecular flexibility index (Phi) is 3.52. The van der Waals surface area contributed by atoms with Crippen molar-refractivity contribution < 1.29 is 9.18 Å². The summed E-state index contributed by atoms with van der Waals surface area (Å²) < 4.78 is 13.9. The average Bonchev–Trinajstić information content (AvgIpc) is 2.70. The number of anilines is 2. The van der Waals surface area contributed by atoms with E-state index < -0.39 is 0 Å². The monoisotopic (exact) mass is 251 g/mol. The number of benzene rings is 1. The van der Waals surface area contributed by atoms with E-state index in [1.807, 2.05) is 0 Å². The van der Waals surface area contributed by atoms with E-state index in [9.17, 15) is 9.18 Å². The maximum Gasteiger partial charge on any atom is 0.227 e. The van der Waals surface area contributed by atoms with Crippen LogP contribution in [0.3, 0.4) is 0 Å². The Balaban J connectivity index is 2.25. The van der Waals surface area contributed by atoms with Gasteiger partial charge < -0.3 is 15.5 Å². The van der Waals surface area contributed by atoms with Crippen molar-refractivity contribution in [2.24, 2.45) is 11.7 Å². The quantitative estimate of drug-likeness (QED) is 0.878. The molecule has 5 heteroatoms. The van der Waals surface area contributed by atoms with Crippen LogP contribution in [-0.4, -0.2) is 33.1 Å². The molecule has 1 amide bonds. The third-order valence-electron chi connectivity index (χ3n) is 3.26. The Morgan fingerprint density at radius 3 is 2.72 bits per heavy atom. The number of nitrogens with zero attached hydrogens (tertiary/aromatic N) is 2. The molecule has 0 spiro atoms. The van der Waals surface area contributed by atoms with Gasteiger partial charge in [-0.1, -0.05) is 0 Å². The molecule has 0 aliphatic carbocycles. The first kappa shape index (κ1) is 12.8. The first-order valence-corrected chi connectivity index (χ1v) is 6.00. The molecule has 1 aromatic carbocycles. The summed E-state index contributed by atoms with van der Waals surface area (Å²) in [7, 11) is 3.56. The van der Waals surface area contributed by atoms with Crippen molar-refractivity contribution in [3.8, 4) is 0 Å². The third kappa shape index (κ3) is 2.31. The minimum Gasteiger partial charge on any atom is -0.375 e. The summed E-state index contributed by atoms with van der Waals surface area (Å²) in [5, 5.41) is 0. The molecule has 2 rings (SSSR count). The Bertz CT molecular complexity index is 462. The van der Waals surface area contributed by atoms with Crippen LogP contribution in [0.5, 0.6) is 0 Å². The second kappa shape index (κ2) is 4.94. The van der Waals surface area contributed by atoms with Crippen LogP contribution < -0.4 is 15.5 Å². The molecule has 1 heterocycles. The fourth-order valence-electron chi connectivity index (χ4n) is 2.22. The van der Waals surface area contributed by atoms with Crippen LogP contribution in [0.2, 0.25) is 0 Å². The normalized spacial score (nSPS) is 19.4. The molecule has 1 aliphatic heterocycles. The van der Waals surface area contributed by atoms with E-state index in [-0.39, 0.29) is 17.6 Å². The number of carbonyl (C=O) groups excluding carboxylic acids is 1. The molecule has 1 aromatic rings. The Morgan fingerprint density at radius 2 is 2.22 bits per heavy atom. The van der Waals surface area contributed by atoms with Gasteiger partial charge in [0, 0.05) is 32.7 Å². The number of carbonyl (C=O) groups is 1. The lowest BCUT2D eigenvalue weighted by atomic mass is 10.1. The molecule has 98 valence electrons. The smallest absolute Gasteiger partial charge is 0.227 e. The van der Waals surface area contributed by atoms with Crippen LogP contribution in [0.25, 0.3) is 0 Å². The van der Waals surface area contributed by atoms with Crippen molar-refractivity contribution in [3.63, 3.8) is 0 Å². The molecule has 4 nitrogen and oxygen atoms in total. The van der Waals surface area contributed by atoms with Crippen LogP contribution in [-0.2, 0) is 4.79 Å². The summed E-state index contributed by atoms with van der Waals surface area (Å²) in [6.07, 6.45) is 0.452. The van der Waals surface area contributed by atoms with Crippen molar-refractivity contribution in [3.05, 3.63) is 24.0 Å². The lowest BCUT2D eigenvalue weighted by molar-refractivity contribution is -0.117. The van der Waals surface area contributed by atoms with E-state index >= 15 is 0 Å². The number of amides is 1. The molecular weight excluding hydrogens is 233 g/mol. The van der Waals surface area contributed by atoms with Gasteiger partial charge in [-0.2, -0.15) is 0 Å². The first-order valence-electron chi connectivity index (χ1n) is 6.00. The molecule has 1 saturated heterocycles. The second-order valence-electron chi connectivity index (χ2n) is 4.84. The van der Waals surface area contributed by atoms with Gasteiger partial charge in [0.15, 0.2) is 0 Å². The fraction of sp³-hybridized carbons (Fsp3) is 0.462. The van der Waals surface area contributed by atoms with Gasteiger partial charge in [0.05, 0.1) is 5.69 Å². The number of nitrogens with two attached hydrogens (primary N) is 1. The van der Waals surface area contributed by atoms with Crippen LogP contribution in [0, 0.1) is 11.7 Å². The van der Waals surface area contributed by atoms with Gasteiger partial charge in [0.2, 0.25) is 5.91 Å². The van der Waals surface area contributed by atoms with Crippen molar-refractivity contribution in [1.29, 1.82) is 0 Å². The highest BCUT2D eigenvalue weighted by Gasteiger charge is 2.29. The summed E-state index contributed by atoms with van der Waals surface area (Å²) >= 11 is 0. The SMILES string of the molecule is CN(C)c1ccc(N2CC(CN)CC2=O)cc1F. The van der Waals surface area contributed by atoms with E-state index in [0.29, 0.717) is 30.9 Å². The molecule has 0 radical (unpaired) electrons.